The molecule has 3 heterocycles. The van der Waals surface area contributed by atoms with Crippen LogP contribution in [0.3, 0.4) is 0 Å². The number of carbonyl (C=O) groups is 1. The van der Waals surface area contributed by atoms with Crippen molar-refractivity contribution in [2.45, 2.75) is 44.8 Å². The maximum atomic E-state index is 12.2. The zero-order valence-corrected chi connectivity index (χ0v) is 17.1. The Labute approximate surface area is 173 Å². The lowest BCUT2D eigenvalue weighted by Crippen LogP contribution is -2.47. The van der Waals surface area contributed by atoms with E-state index in [0.717, 1.165) is 38.2 Å². The summed E-state index contributed by atoms with van der Waals surface area (Å²) in [7, 11) is 0. The summed E-state index contributed by atoms with van der Waals surface area (Å²) >= 11 is 0. The Morgan fingerprint density at radius 2 is 1.83 bits per heavy atom. The first-order valence-electron chi connectivity index (χ1n) is 10.7. The highest BCUT2D eigenvalue weighted by Crippen LogP contribution is 2.40. The molecular formula is C24H31N3O2. The van der Waals surface area contributed by atoms with Gasteiger partial charge in [0.15, 0.2) is 0 Å². The van der Waals surface area contributed by atoms with Gasteiger partial charge in [0.05, 0.1) is 19.1 Å². The van der Waals surface area contributed by atoms with E-state index in [1.807, 2.05) is 42.7 Å². The maximum Gasteiger partial charge on any atom is 0.224 e. The Kier molecular flexibility index (Phi) is 6.57. The minimum Gasteiger partial charge on any atom is -0.376 e. The molecule has 0 saturated carbocycles. The average Bonchev–Trinajstić information content (AvgIpc) is 2.77. The van der Waals surface area contributed by atoms with E-state index in [-0.39, 0.29) is 12.0 Å². The van der Waals surface area contributed by atoms with Gasteiger partial charge in [0.25, 0.3) is 0 Å². The number of hydrogen-bond acceptors (Lipinski definition) is 4. The van der Waals surface area contributed by atoms with E-state index in [4.69, 9.17) is 4.74 Å². The lowest BCUT2D eigenvalue weighted by molar-refractivity contribution is -0.122. The zero-order chi connectivity index (χ0) is 19.9. The molecule has 5 heteroatoms. The smallest absolute Gasteiger partial charge is 0.224 e. The van der Waals surface area contributed by atoms with E-state index in [1.54, 1.807) is 0 Å². The van der Waals surface area contributed by atoms with Crippen LogP contribution in [0.2, 0.25) is 0 Å². The first-order chi connectivity index (χ1) is 14.2. The summed E-state index contributed by atoms with van der Waals surface area (Å²) in [6.45, 7) is 4.72. The van der Waals surface area contributed by atoms with Crippen molar-refractivity contribution in [1.82, 2.24) is 15.2 Å². The Morgan fingerprint density at radius 1 is 1.07 bits per heavy atom. The molecule has 0 bridgehead atoms. The number of nitrogens with zero attached hydrogens (tertiary/aromatic N) is 2. The van der Waals surface area contributed by atoms with E-state index in [2.05, 4.69) is 27.3 Å². The second-order valence-electron chi connectivity index (χ2n) is 8.57. The van der Waals surface area contributed by atoms with Crippen LogP contribution in [0, 0.1) is 5.41 Å². The number of ether oxygens (including phenoxy) is 1. The van der Waals surface area contributed by atoms with E-state index < -0.39 is 0 Å². The molecule has 1 aromatic carbocycles. The van der Waals surface area contributed by atoms with Crippen LogP contribution in [0.1, 0.15) is 36.8 Å². The van der Waals surface area contributed by atoms with E-state index in [1.165, 1.54) is 24.8 Å². The predicted octanol–water partition coefficient (Wildman–Crippen LogP) is 3.20. The van der Waals surface area contributed by atoms with Crippen LogP contribution in [0.25, 0.3) is 0 Å². The van der Waals surface area contributed by atoms with Crippen LogP contribution in [-0.4, -0.2) is 48.1 Å². The molecule has 1 unspecified atom stereocenters. The molecule has 1 aromatic heterocycles. The molecule has 1 N–H and O–H groups in total. The number of hydrogen-bond donors (Lipinski definition) is 1. The largest absolute Gasteiger partial charge is 0.376 e. The highest BCUT2D eigenvalue weighted by Gasteiger charge is 2.38. The van der Waals surface area contributed by atoms with Crippen molar-refractivity contribution in [1.29, 1.82) is 0 Å². The summed E-state index contributed by atoms with van der Waals surface area (Å²) in [6.07, 6.45) is 8.96. The molecule has 5 nitrogen and oxygen atoms in total. The first kappa shape index (κ1) is 20.0. The fourth-order valence-corrected chi connectivity index (χ4v) is 4.48. The minimum atomic E-state index is 0.0736. The molecule has 2 fully saturated rings. The van der Waals surface area contributed by atoms with Gasteiger partial charge in [-0.1, -0.05) is 30.3 Å². The number of benzene rings is 1. The number of likely N-dealkylation sites (tertiary alicyclic amines) is 1. The van der Waals surface area contributed by atoms with Gasteiger partial charge in [-0.3, -0.25) is 14.7 Å². The van der Waals surface area contributed by atoms with Crippen LogP contribution in [0.4, 0.5) is 0 Å². The second-order valence-corrected chi connectivity index (χ2v) is 8.57. The van der Waals surface area contributed by atoms with Crippen molar-refractivity contribution in [3.63, 3.8) is 0 Å². The molecular weight excluding hydrogens is 362 g/mol. The van der Waals surface area contributed by atoms with Gasteiger partial charge in [0.2, 0.25) is 5.91 Å². The lowest BCUT2D eigenvalue weighted by Gasteiger charge is -2.45. The summed E-state index contributed by atoms with van der Waals surface area (Å²) in [5, 5.41) is 3.05. The van der Waals surface area contributed by atoms with E-state index in [9.17, 15) is 4.79 Å². The summed E-state index contributed by atoms with van der Waals surface area (Å²) in [5.74, 6) is 0.0736. The topological polar surface area (TPSA) is 54.5 Å². The number of carbonyl (C=O) groups excluding carboxylic acids is 1. The van der Waals surface area contributed by atoms with Crippen LogP contribution >= 0.6 is 0 Å². The fourth-order valence-electron chi connectivity index (χ4n) is 4.48. The molecule has 154 valence electrons. The van der Waals surface area contributed by atoms with Gasteiger partial charge in [-0.05, 0) is 67.4 Å². The number of rotatable bonds is 6. The highest BCUT2D eigenvalue weighted by molar-refractivity contribution is 5.78. The van der Waals surface area contributed by atoms with Crippen molar-refractivity contribution in [3.05, 3.63) is 66.0 Å². The van der Waals surface area contributed by atoms with Crippen LogP contribution in [-0.2, 0) is 22.5 Å². The average molecular weight is 394 g/mol. The van der Waals surface area contributed by atoms with Crippen LogP contribution < -0.4 is 5.32 Å². The predicted molar refractivity (Wildman–Crippen MR) is 113 cm³/mol. The third kappa shape index (κ3) is 5.64. The normalized spacial score (nSPS) is 21.7. The molecule has 29 heavy (non-hydrogen) atoms. The van der Waals surface area contributed by atoms with Gasteiger partial charge in [-0.2, -0.15) is 0 Å². The number of pyridine rings is 1. The Hall–Kier alpha value is -2.24. The first-order valence-corrected chi connectivity index (χ1v) is 10.7. The molecule has 4 rings (SSSR count). The number of aromatic nitrogens is 1. The third-order valence-electron chi connectivity index (χ3n) is 6.43. The van der Waals surface area contributed by atoms with Crippen LogP contribution in [0.5, 0.6) is 0 Å². The monoisotopic (exact) mass is 393 g/mol. The van der Waals surface area contributed by atoms with E-state index in [0.29, 0.717) is 18.4 Å². The Morgan fingerprint density at radius 3 is 2.52 bits per heavy atom. The molecule has 1 atom stereocenters. The molecule has 2 saturated heterocycles. The van der Waals surface area contributed by atoms with Crippen molar-refractivity contribution in [2.75, 3.05) is 26.2 Å². The molecule has 2 aliphatic heterocycles. The standard InChI is InChI=1S/C24H31N3O2/c28-23(16-20-4-2-1-3-5-20)26-17-22-6-9-24(19-29-22)10-14-27(15-11-24)18-21-7-12-25-13-8-21/h1-5,7-8,12-13,22H,6,9-11,14-19H2,(H,26,28). The quantitative estimate of drug-likeness (QED) is 0.819. The molecule has 1 spiro atoms. The summed E-state index contributed by atoms with van der Waals surface area (Å²) < 4.78 is 6.18. The van der Waals surface area contributed by atoms with Crippen LogP contribution in [0.15, 0.2) is 54.9 Å². The number of nitrogens with one attached hydrogen (secondary N) is 1. The summed E-state index contributed by atoms with van der Waals surface area (Å²) in [4.78, 5) is 18.8. The van der Waals surface area contributed by atoms with Crippen molar-refractivity contribution >= 4 is 5.91 Å². The molecule has 0 aliphatic carbocycles. The van der Waals surface area contributed by atoms with Crippen molar-refractivity contribution in [2.24, 2.45) is 5.41 Å². The summed E-state index contributed by atoms with van der Waals surface area (Å²) in [5.41, 5.74) is 2.72. The Bertz CT molecular complexity index is 763. The molecule has 0 radical (unpaired) electrons. The Balaban J connectivity index is 1.16. The van der Waals surface area contributed by atoms with Gasteiger partial charge in [-0.15, -0.1) is 0 Å². The van der Waals surface area contributed by atoms with Gasteiger partial charge < -0.3 is 10.1 Å². The lowest BCUT2D eigenvalue weighted by atomic mass is 9.73. The second kappa shape index (κ2) is 9.51. The fraction of sp³-hybridized carbons (Fsp3) is 0.500. The van der Waals surface area contributed by atoms with Gasteiger partial charge in [-0.25, -0.2) is 0 Å². The molecule has 1 amide bonds. The van der Waals surface area contributed by atoms with Crippen molar-refractivity contribution in [3.8, 4) is 0 Å². The van der Waals surface area contributed by atoms with Crippen molar-refractivity contribution < 1.29 is 9.53 Å². The summed E-state index contributed by atoms with van der Waals surface area (Å²) in [6, 6.07) is 14.1. The zero-order valence-electron chi connectivity index (χ0n) is 17.1. The molecule has 2 aliphatic rings. The third-order valence-corrected chi connectivity index (χ3v) is 6.43. The number of piperidine rings is 1. The van der Waals surface area contributed by atoms with Gasteiger partial charge in [0.1, 0.15) is 0 Å². The SMILES string of the molecule is O=C(Cc1ccccc1)NCC1CCC2(CCN(Cc3ccncc3)CC2)CO1. The minimum absolute atomic E-state index is 0.0736. The maximum absolute atomic E-state index is 12.2. The van der Waals surface area contributed by atoms with Gasteiger partial charge >= 0.3 is 0 Å². The van der Waals surface area contributed by atoms with Gasteiger partial charge in [0, 0.05) is 25.5 Å². The highest BCUT2D eigenvalue weighted by atomic mass is 16.5. The molecule has 2 aromatic rings. The number of amides is 1. The van der Waals surface area contributed by atoms with E-state index >= 15 is 0 Å².